The Morgan fingerprint density at radius 2 is 1.72 bits per heavy atom. The molecule has 3 aromatic carbocycles. The van der Waals surface area contributed by atoms with Crippen molar-refractivity contribution in [3.8, 4) is 52.4 Å². The predicted octanol–water partition coefficient (Wildman–Crippen LogP) is 7.67. The molecule has 0 unspecified atom stereocenters. The smallest absolute Gasteiger partial charge is 0.201 e. The standard InChI is InChI=1S/C71H93N5O12S2/c1-41(2)60-36-90-89-35-57-56-30-55-44-9-13-50(81)28-49(80)12-8-43-11-15-61(83)64(87-40-78)52(43)7-5-6-45(26-44)63(65(55)88-66(56)84)86-39-74-71-38-69(25-24-68(37-69)21-18-58(73-33-42(3)79)53-29-51(82)14-10-46(53)31-68)20-17-48(71)27-54(62(34-77)85-4)47-16-22-70(71,32-47)23-19-59(57)75-67(72)76-60/h10-11,14-16,22,26,29,41-42,47-48,50,54,56-60,62,66,73-74,77-79,81-84H,6,8-9,12-13,17-18,20-21,24-25,27-28,30-40H2,1-4H3,(H3,72,75,76)/t42-,47-,48-,50+,54-,56+,57+,58-,59-,60-,62+,66+,68-,69-,70-,71+/m0/s1. The molecule has 4 heterocycles. The summed E-state index contributed by atoms with van der Waals surface area (Å²) in [6.45, 7) is 5.78. The lowest BCUT2D eigenvalue weighted by molar-refractivity contribution is -0.121. The summed E-state index contributed by atoms with van der Waals surface area (Å²) in [6, 6.07) is 10.5. The molecule has 3 fully saturated rings. The summed E-state index contributed by atoms with van der Waals surface area (Å²) >= 11 is 0. The van der Waals surface area contributed by atoms with E-state index in [1.165, 1.54) is 11.6 Å². The number of aliphatic hydroxyl groups excluding tert-OH is 5. The quantitative estimate of drug-likeness (QED) is 0.0425. The van der Waals surface area contributed by atoms with Crippen LogP contribution in [0.25, 0.3) is 0 Å². The molecule has 8 bridgehead atoms. The van der Waals surface area contributed by atoms with Gasteiger partial charge in [-0.2, -0.15) is 0 Å². The summed E-state index contributed by atoms with van der Waals surface area (Å²) in [7, 11) is 5.22. The average molecular weight is 1270 g/mol. The van der Waals surface area contributed by atoms with Gasteiger partial charge in [0.05, 0.1) is 48.0 Å². The van der Waals surface area contributed by atoms with Gasteiger partial charge in [-0.1, -0.05) is 89.5 Å². The molecule has 19 heteroatoms. The van der Waals surface area contributed by atoms with Crippen LogP contribution in [-0.2, 0) is 41.6 Å². The number of ketones is 1. The Morgan fingerprint density at radius 3 is 2.52 bits per heavy atom. The number of phenolic OH excluding ortho intramolecular Hbond substituents is 2. The number of benzene rings is 3. The number of hydrogen-bond donors (Lipinski definition) is 11. The van der Waals surface area contributed by atoms with Crippen molar-refractivity contribution in [3.63, 3.8) is 0 Å². The molecule has 0 saturated heterocycles. The first-order valence-electron chi connectivity index (χ1n) is 33.0. The fourth-order valence-electron chi connectivity index (χ4n) is 17.8. The molecule has 13 rings (SSSR count). The number of guanidine groups is 1. The Hall–Kier alpha value is -5.16. The van der Waals surface area contributed by atoms with Gasteiger partial charge in [0.15, 0.2) is 35.8 Å². The maximum Gasteiger partial charge on any atom is 0.201 e. The number of aromatic hydroxyl groups is 2. The lowest BCUT2D eigenvalue weighted by atomic mass is 9.51. The summed E-state index contributed by atoms with van der Waals surface area (Å²) in [5.41, 5.74) is 11.2. The Balaban J connectivity index is 1.03. The number of aliphatic imine (C=N–C) groups is 1. The van der Waals surface area contributed by atoms with Crippen LogP contribution in [-0.4, -0.2) is 135 Å². The molecule has 0 aromatic heterocycles. The first kappa shape index (κ1) is 64.9. The van der Waals surface area contributed by atoms with E-state index < -0.39 is 54.3 Å². The summed E-state index contributed by atoms with van der Waals surface area (Å²) in [6.07, 6.45) is 13.1. The van der Waals surface area contributed by atoms with Crippen molar-refractivity contribution in [3.05, 3.63) is 87.5 Å². The van der Waals surface area contributed by atoms with Gasteiger partial charge in [0, 0.05) is 79.0 Å². The Bertz CT molecular complexity index is 3340. The second-order valence-corrected chi connectivity index (χ2v) is 30.8. The minimum absolute atomic E-state index is 0.00898. The van der Waals surface area contributed by atoms with Crippen LogP contribution >= 0.6 is 21.6 Å². The van der Waals surface area contributed by atoms with Crippen LogP contribution in [0.3, 0.4) is 0 Å². The van der Waals surface area contributed by atoms with Crippen molar-refractivity contribution in [2.24, 2.45) is 62.5 Å². The fourth-order valence-corrected chi connectivity index (χ4v) is 20.7. The third kappa shape index (κ3) is 13.0. The second-order valence-electron chi connectivity index (χ2n) is 28.3. The fraction of sp³-hybridized carbons (Fsp3) is 0.634. The van der Waals surface area contributed by atoms with Crippen LogP contribution in [0.2, 0.25) is 0 Å². The first-order chi connectivity index (χ1) is 43.4. The molecule has 17 nitrogen and oxygen atoms in total. The van der Waals surface area contributed by atoms with E-state index in [1.54, 1.807) is 41.7 Å². The van der Waals surface area contributed by atoms with Gasteiger partial charge in [-0.05, 0) is 178 Å². The van der Waals surface area contributed by atoms with Crippen LogP contribution in [0, 0.1) is 75.4 Å². The number of ether oxygens (including phenoxy) is 4. The molecule has 486 valence electrons. The number of carbonyl (C=O) groups excluding carboxylic acids is 1. The molecule has 6 aliphatic carbocycles. The van der Waals surface area contributed by atoms with E-state index in [-0.39, 0.29) is 121 Å². The van der Waals surface area contributed by atoms with Crippen molar-refractivity contribution in [2.45, 2.75) is 185 Å². The maximum atomic E-state index is 13.6. The lowest BCUT2D eigenvalue weighted by Crippen LogP contribution is -2.66. The predicted molar refractivity (Wildman–Crippen MR) is 349 cm³/mol. The van der Waals surface area contributed by atoms with Crippen LogP contribution in [0.15, 0.2) is 53.5 Å². The molecule has 16 atom stereocenters. The van der Waals surface area contributed by atoms with Crippen LogP contribution < -0.4 is 35.9 Å². The number of allylic oxidation sites excluding steroid dienone is 1. The number of phenols is 2. The molecule has 10 aliphatic rings. The summed E-state index contributed by atoms with van der Waals surface area (Å²) < 4.78 is 26.2. The number of rotatable bonds is 9. The Morgan fingerprint density at radius 1 is 0.911 bits per heavy atom. The molecule has 4 spiro atoms. The van der Waals surface area contributed by atoms with Crippen LogP contribution in [0.1, 0.15) is 149 Å². The number of aryl methyl sites for hydroxylation is 2. The lowest BCUT2D eigenvalue weighted by Gasteiger charge is -2.58. The third-order valence-corrected chi connectivity index (χ3v) is 24.9. The number of carbonyl (C=O) groups is 1. The number of hydrogen-bond acceptors (Lipinski definition) is 19. The van der Waals surface area contributed by atoms with Gasteiger partial charge in [0.2, 0.25) is 6.29 Å². The second kappa shape index (κ2) is 27.1. The zero-order valence-corrected chi connectivity index (χ0v) is 54.2. The van der Waals surface area contributed by atoms with E-state index in [4.69, 9.17) is 29.7 Å². The number of nitrogens with zero attached hydrogens (tertiary/aromatic N) is 1. The van der Waals surface area contributed by atoms with Crippen molar-refractivity contribution in [2.75, 3.05) is 45.3 Å². The van der Waals surface area contributed by atoms with Gasteiger partial charge >= 0.3 is 0 Å². The van der Waals surface area contributed by atoms with Crippen LogP contribution in [0.4, 0.5) is 0 Å². The van der Waals surface area contributed by atoms with Gasteiger partial charge in [0.25, 0.3) is 0 Å². The summed E-state index contributed by atoms with van der Waals surface area (Å²) in [4.78, 5) is 18.7. The number of nitrogens with one attached hydrogen (secondary N) is 3. The van der Waals surface area contributed by atoms with Gasteiger partial charge in [0.1, 0.15) is 18.3 Å². The first-order valence-corrected chi connectivity index (χ1v) is 35.5. The molecule has 0 radical (unpaired) electrons. The normalized spacial score (nSPS) is 34.7. The molecular formula is C71H93N5O12S2. The highest BCUT2D eigenvalue weighted by Crippen LogP contribution is 2.68. The van der Waals surface area contributed by atoms with E-state index >= 15 is 0 Å². The zero-order chi connectivity index (χ0) is 63.1. The monoisotopic (exact) mass is 1270 g/mol. The topological polar surface area (TPSA) is 270 Å². The highest BCUT2D eigenvalue weighted by molar-refractivity contribution is 8.76. The van der Waals surface area contributed by atoms with E-state index in [0.717, 1.165) is 86.7 Å². The number of methoxy groups -OCH3 is 1. The molecule has 12 N–H and O–H groups in total. The number of Topliss-reactive ketones (excluding diaryl/α,β-unsaturated/α-hetero) is 1. The highest BCUT2D eigenvalue weighted by atomic mass is 33.1. The van der Waals surface area contributed by atoms with Crippen molar-refractivity contribution in [1.29, 1.82) is 0 Å². The van der Waals surface area contributed by atoms with E-state index in [0.29, 0.717) is 65.7 Å². The van der Waals surface area contributed by atoms with Crippen LogP contribution in [0.5, 0.6) is 28.7 Å². The molecule has 3 aromatic rings. The van der Waals surface area contributed by atoms with Gasteiger partial charge in [-0.25, -0.2) is 4.99 Å². The maximum absolute atomic E-state index is 13.6. The van der Waals surface area contributed by atoms with Crippen molar-refractivity contribution >= 4 is 33.3 Å². The molecule has 0 amide bonds. The summed E-state index contributed by atoms with van der Waals surface area (Å²) in [5.74, 6) is 16.6. The number of nitrogens with two attached hydrogens (primary N) is 1. The zero-order valence-electron chi connectivity index (χ0n) is 52.6. The molecular weight excluding hydrogens is 1180 g/mol. The molecule has 4 aliphatic heterocycles. The van der Waals surface area contributed by atoms with Crippen molar-refractivity contribution in [1.82, 2.24) is 16.0 Å². The van der Waals surface area contributed by atoms with Gasteiger partial charge in [-0.15, -0.1) is 0 Å². The number of aliphatic hydroxyl groups is 5. The summed E-state index contributed by atoms with van der Waals surface area (Å²) in [5, 5.41) is 89.6. The number of fused-ring (bicyclic) bond motifs is 8. The Kier molecular flexibility index (Phi) is 19.5. The third-order valence-electron chi connectivity index (χ3n) is 22.4. The highest BCUT2D eigenvalue weighted by Gasteiger charge is 2.66. The van der Waals surface area contributed by atoms with Crippen molar-refractivity contribution < 1.29 is 59.5 Å². The van der Waals surface area contributed by atoms with Gasteiger partial charge < -0.3 is 71.1 Å². The van der Waals surface area contributed by atoms with Gasteiger partial charge in [-0.3, -0.25) is 10.1 Å². The van der Waals surface area contributed by atoms with E-state index in [9.17, 15) is 40.5 Å². The molecule has 3 saturated carbocycles. The minimum atomic E-state index is -1.31. The molecule has 90 heavy (non-hydrogen) atoms. The largest absolute Gasteiger partial charge is 0.508 e. The van der Waals surface area contributed by atoms with E-state index in [2.05, 4.69) is 77.8 Å². The minimum Gasteiger partial charge on any atom is -0.508 e. The van der Waals surface area contributed by atoms with E-state index in [1.807, 2.05) is 12.1 Å². The average Bonchev–Trinajstić information content (AvgIpc) is 1.52. The SMILES string of the molecule is CO[C@H](CO)[C@H]1C[C@@H]2CC[C@@]3(CC[C@]4(CC[C@H](NC[C@H](C)O)c5cc(O)ccc5C4)C3)C[C@@]23NCOc2c4cc(c5c2O[C@@H](O)[C@H](C5)[C@H]2CSSC[C@@H](C(C)C)N=C(N)N[C@H]2C#C[C@]32C=C[C@H]1C2)CC[C@@H](O)CC(=O)CCc1ccc(O)c(OCO)c1C#CC4. The Labute approximate surface area is 538 Å².